The quantitative estimate of drug-likeness (QED) is 0.427. The summed E-state index contributed by atoms with van der Waals surface area (Å²) in [7, 11) is 5.46. The van der Waals surface area contributed by atoms with Gasteiger partial charge in [0.25, 0.3) is 5.91 Å². The van der Waals surface area contributed by atoms with E-state index in [-0.39, 0.29) is 18.2 Å². The van der Waals surface area contributed by atoms with Crippen LogP contribution in [-0.4, -0.2) is 67.9 Å². The second-order valence-electron chi connectivity index (χ2n) is 8.06. The van der Waals surface area contributed by atoms with Gasteiger partial charge in [0.15, 0.2) is 11.5 Å². The molecule has 0 fully saturated rings. The zero-order chi connectivity index (χ0) is 22.8. The average Bonchev–Trinajstić information content (AvgIpc) is 2.74. The van der Waals surface area contributed by atoms with Crippen LogP contribution in [0.4, 0.5) is 0 Å². The van der Waals surface area contributed by atoms with Crippen molar-refractivity contribution in [3.63, 3.8) is 0 Å². The Hall–Kier alpha value is -2.90. The van der Waals surface area contributed by atoms with Crippen LogP contribution in [0, 0.1) is 0 Å². The normalized spacial score (nSPS) is 11.6. The van der Waals surface area contributed by atoms with Crippen molar-refractivity contribution >= 4 is 12.1 Å². The summed E-state index contributed by atoms with van der Waals surface area (Å²) in [6.07, 6.45) is 1.40. The standard InChI is InChI=1S/C24H34N4O3/c1-18(2)20-11-9-19(10-12-20)16-27(3)13-14-28(4)17-23(29)26-25-15-21-7-6-8-22(31-5)24(21)30/h6-12,15,18,30H,13-14,16-17H2,1-5H3,(H,26,29)/b25-15+. The topological polar surface area (TPSA) is 77.4 Å². The number of nitrogens with one attached hydrogen (secondary N) is 1. The van der Waals surface area contributed by atoms with Crippen LogP contribution >= 0.6 is 0 Å². The summed E-state index contributed by atoms with van der Waals surface area (Å²) < 4.78 is 5.05. The first-order chi connectivity index (χ1) is 14.8. The minimum atomic E-state index is -0.215. The highest BCUT2D eigenvalue weighted by Gasteiger charge is 2.09. The molecule has 2 rings (SSSR count). The number of aromatic hydroxyl groups is 1. The van der Waals surface area contributed by atoms with Gasteiger partial charge in [-0.1, -0.05) is 44.2 Å². The van der Waals surface area contributed by atoms with E-state index in [1.54, 1.807) is 18.2 Å². The molecule has 2 aromatic rings. The van der Waals surface area contributed by atoms with Crippen molar-refractivity contribution in [3.05, 3.63) is 59.2 Å². The number of benzene rings is 2. The van der Waals surface area contributed by atoms with Crippen LogP contribution in [0.3, 0.4) is 0 Å². The monoisotopic (exact) mass is 426 g/mol. The van der Waals surface area contributed by atoms with Crippen molar-refractivity contribution in [3.8, 4) is 11.5 Å². The Morgan fingerprint density at radius 1 is 1.13 bits per heavy atom. The number of nitrogens with zero attached hydrogens (tertiary/aromatic N) is 3. The van der Waals surface area contributed by atoms with E-state index in [1.165, 1.54) is 24.5 Å². The van der Waals surface area contributed by atoms with Gasteiger partial charge in [0.2, 0.25) is 0 Å². The minimum Gasteiger partial charge on any atom is -0.504 e. The number of hydrogen-bond acceptors (Lipinski definition) is 6. The Labute approximate surface area is 185 Å². The number of rotatable bonds is 11. The summed E-state index contributed by atoms with van der Waals surface area (Å²) in [6, 6.07) is 13.8. The second-order valence-corrected chi connectivity index (χ2v) is 8.06. The summed E-state index contributed by atoms with van der Waals surface area (Å²) in [6.45, 7) is 7.10. The van der Waals surface area contributed by atoms with Gasteiger partial charge in [0.05, 0.1) is 19.9 Å². The Bertz CT molecular complexity index is 866. The third-order valence-electron chi connectivity index (χ3n) is 5.02. The minimum absolute atomic E-state index is 0.0120. The second kappa shape index (κ2) is 12.1. The molecule has 168 valence electrons. The van der Waals surface area contributed by atoms with Gasteiger partial charge in [0.1, 0.15) is 0 Å². The fraction of sp³-hybridized carbons (Fsp3) is 0.417. The Balaban J connectivity index is 1.72. The Kier molecular flexibility index (Phi) is 9.49. The van der Waals surface area contributed by atoms with Gasteiger partial charge in [0, 0.05) is 25.2 Å². The Morgan fingerprint density at radius 2 is 1.81 bits per heavy atom. The number of ether oxygens (including phenoxy) is 1. The molecule has 0 unspecified atom stereocenters. The molecule has 0 aromatic heterocycles. The van der Waals surface area contributed by atoms with Crippen LogP contribution in [-0.2, 0) is 11.3 Å². The summed E-state index contributed by atoms with van der Waals surface area (Å²) in [5, 5.41) is 13.9. The number of phenols is 1. The molecule has 7 nitrogen and oxygen atoms in total. The molecule has 0 saturated heterocycles. The lowest BCUT2D eigenvalue weighted by Gasteiger charge is -2.21. The number of carbonyl (C=O) groups is 1. The maximum atomic E-state index is 12.1. The van der Waals surface area contributed by atoms with E-state index in [0.717, 1.165) is 19.6 Å². The van der Waals surface area contributed by atoms with Gasteiger partial charge in [-0.25, -0.2) is 5.43 Å². The zero-order valence-corrected chi connectivity index (χ0v) is 19.1. The van der Waals surface area contributed by atoms with Crippen LogP contribution in [0.5, 0.6) is 11.5 Å². The Morgan fingerprint density at radius 3 is 2.45 bits per heavy atom. The van der Waals surface area contributed by atoms with Gasteiger partial charge in [-0.3, -0.25) is 9.69 Å². The molecule has 0 atom stereocenters. The van der Waals surface area contributed by atoms with Crippen molar-refractivity contribution in [1.29, 1.82) is 0 Å². The van der Waals surface area contributed by atoms with Gasteiger partial charge in [-0.15, -0.1) is 0 Å². The molecule has 2 aromatic carbocycles. The van der Waals surface area contributed by atoms with E-state index < -0.39 is 0 Å². The lowest BCUT2D eigenvalue weighted by atomic mass is 10.0. The zero-order valence-electron chi connectivity index (χ0n) is 19.1. The predicted molar refractivity (Wildman–Crippen MR) is 125 cm³/mol. The molecule has 0 heterocycles. The highest BCUT2D eigenvalue weighted by molar-refractivity contribution is 5.86. The molecule has 1 amide bonds. The van der Waals surface area contributed by atoms with E-state index in [0.29, 0.717) is 17.2 Å². The van der Waals surface area contributed by atoms with Crippen molar-refractivity contribution in [2.24, 2.45) is 5.10 Å². The largest absolute Gasteiger partial charge is 0.504 e. The molecular weight excluding hydrogens is 392 g/mol. The summed E-state index contributed by atoms with van der Waals surface area (Å²) in [5.41, 5.74) is 5.59. The maximum absolute atomic E-state index is 12.1. The van der Waals surface area contributed by atoms with Crippen LogP contribution < -0.4 is 10.2 Å². The van der Waals surface area contributed by atoms with Crippen molar-refractivity contribution in [1.82, 2.24) is 15.2 Å². The van der Waals surface area contributed by atoms with Gasteiger partial charge >= 0.3 is 0 Å². The first kappa shape index (κ1) is 24.4. The van der Waals surface area contributed by atoms with E-state index in [2.05, 4.69) is 60.6 Å². The van der Waals surface area contributed by atoms with Crippen LogP contribution in [0.2, 0.25) is 0 Å². The third kappa shape index (κ3) is 8.03. The number of carbonyl (C=O) groups excluding carboxylic acids is 1. The van der Waals surface area contributed by atoms with Crippen LogP contribution in [0.25, 0.3) is 0 Å². The molecule has 0 aliphatic rings. The number of likely N-dealkylation sites (N-methyl/N-ethyl adjacent to an activating group) is 2. The van der Waals surface area contributed by atoms with Gasteiger partial charge in [-0.05, 0) is 43.3 Å². The van der Waals surface area contributed by atoms with Crippen molar-refractivity contribution < 1.29 is 14.6 Å². The first-order valence-electron chi connectivity index (χ1n) is 10.4. The first-order valence-corrected chi connectivity index (χ1v) is 10.4. The summed E-state index contributed by atoms with van der Waals surface area (Å²) >= 11 is 0. The van der Waals surface area contributed by atoms with E-state index in [9.17, 15) is 9.90 Å². The molecule has 2 N–H and O–H groups in total. The van der Waals surface area contributed by atoms with Gasteiger partial charge < -0.3 is 14.7 Å². The summed E-state index contributed by atoms with van der Waals surface area (Å²) in [4.78, 5) is 16.3. The predicted octanol–water partition coefficient (Wildman–Crippen LogP) is 3.04. The maximum Gasteiger partial charge on any atom is 0.254 e. The fourth-order valence-electron chi connectivity index (χ4n) is 3.08. The number of phenolic OH excluding ortho intramolecular Hbond substituents is 1. The highest BCUT2D eigenvalue weighted by Crippen LogP contribution is 2.27. The lowest BCUT2D eigenvalue weighted by Crippen LogP contribution is -2.37. The molecule has 7 heteroatoms. The van der Waals surface area contributed by atoms with E-state index in [4.69, 9.17) is 4.74 Å². The smallest absolute Gasteiger partial charge is 0.254 e. The molecule has 31 heavy (non-hydrogen) atoms. The number of para-hydroxylation sites is 1. The molecule has 0 bridgehead atoms. The number of amides is 1. The average molecular weight is 427 g/mol. The third-order valence-corrected chi connectivity index (χ3v) is 5.02. The fourth-order valence-corrected chi connectivity index (χ4v) is 3.08. The molecule has 0 aliphatic heterocycles. The van der Waals surface area contributed by atoms with Crippen LogP contribution in [0.15, 0.2) is 47.6 Å². The number of hydrogen-bond donors (Lipinski definition) is 2. The van der Waals surface area contributed by atoms with Crippen molar-refractivity contribution in [2.75, 3.05) is 40.8 Å². The SMILES string of the molecule is COc1cccc(/C=N/NC(=O)CN(C)CCN(C)Cc2ccc(C(C)C)cc2)c1O. The van der Waals surface area contributed by atoms with Crippen LogP contribution in [0.1, 0.15) is 36.5 Å². The molecule has 0 spiro atoms. The van der Waals surface area contributed by atoms with E-state index in [1.807, 2.05) is 11.9 Å². The molecule has 0 radical (unpaired) electrons. The lowest BCUT2D eigenvalue weighted by molar-refractivity contribution is -0.121. The number of hydrazone groups is 1. The van der Waals surface area contributed by atoms with Crippen molar-refractivity contribution in [2.45, 2.75) is 26.3 Å². The molecule has 0 saturated carbocycles. The number of methoxy groups -OCH3 is 1. The molecular formula is C24H34N4O3. The van der Waals surface area contributed by atoms with Gasteiger partial charge in [-0.2, -0.15) is 5.10 Å². The molecule has 0 aliphatic carbocycles. The summed E-state index contributed by atoms with van der Waals surface area (Å²) in [5.74, 6) is 0.669. The van der Waals surface area contributed by atoms with E-state index >= 15 is 0 Å². The highest BCUT2D eigenvalue weighted by atomic mass is 16.5.